The smallest absolute Gasteiger partial charge is 0.280 e. The van der Waals surface area contributed by atoms with Gasteiger partial charge in [0.15, 0.2) is 0 Å². The highest BCUT2D eigenvalue weighted by Crippen LogP contribution is 2.19. The summed E-state index contributed by atoms with van der Waals surface area (Å²) in [6.45, 7) is 4.31. The molecule has 0 spiro atoms. The Labute approximate surface area is 126 Å². The molecule has 1 unspecified atom stereocenters. The second kappa shape index (κ2) is 7.79. The Kier molecular flexibility index (Phi) is 6.04. The van der Waals surface area contributed by atoms with Crippen LogP contribution in [0.2, 0.25) is 0 Å². The van der Waals surface area contributed by atoms with Gasteiger partial charge >= 0.3 is 0 Å². The van der Waals surface area contributed by atoms with Gasteiger partial charge in [-0.2, -0.15) is 27.6 Å². The fraction of sp³-hybridized carbons (Fsp3) is 0.692. The summed E-state index contributed by atoms with van der Waals surface area (Å²) in [7, 11) is -3.49. The van der Waals surface area contributed by atoms with Crippen molar-refractivity contribution in [3.63, 3.8) is 0 Å². The van der Waals surface area contributed by atoms with E-state index in [1.54, 1.807) is 22.6 Å². The molecule has 2 N–H and O–H groups in total. The lowest BCUT2D eigenvalue weighted by Gasteiger charge is -2.34. The lowest BCUT2D eigenvalue weighted by Crippen LogP contribution is -2.52. The zero-order valence-corrected chi connectivity index (χ0v) is 13.1. The normalized spacial score (nSPS) is 20.5. The van der Waals surface area contributed by atoms with Crippen LogP contribution < -0.4 is 10.0 Å². The van der Waals surface area contributed by atoms with Crippen molar-refractivity contribution in [1.82, 2.24) is 24.5 Å². The molecular weight excluding hydrogens is 290 g/mol. The number of aromatic nitrogens is 2. The SMILES string of the molecule is CCNCC1CCCCN1S(=O)(=O)NCc1cccnn1. The van der Waals surface area contributed by atoms with Gasteiger partial charge in [0.2, 0.25) is 0 Å². The van der Waals surface area contributed by atoms with Gasteiger partial charge < -0.3 is 5.32 Å². The number of piperidine rings is 1. The summed E-state index contributed by atoms with van der Waals surface area (Å²) in [5.74, 6) is 0. The molecule has 21 heavy (non-hydrogen) atoms. The highest BCUT2D eigenvalue weighted by atomic mass is 32.2. The molecule has 1 aliphatic rings. The maximum atomic E-state index is 12.5. The third-order valence-electron chi connectivity index (χ3n) is 3.58. The standard InChI is InChI=1S/C13H23N5O2S/c1-2-14-11-13-7-3-4-9-18(13)21(19,20)16-10-12-6-5-8-15-17-12/h5-6,8,13-14,16H,2-4,7,9-11H2,1H3. The van der Waals surface area contributed by atoms with Crippen molar-refractivity contribution in [3.05, 3.63) is 24.0 Å². The van der Waals surface area contributed by atoms with Crippen LogP contribution >= 0.6 is 0 Å². The second-order valence-corrected chi connectivity index (χ2v) is 6.82. The lowest BCUT2D eigenvalue weighted by molar-refractivity contribution is 0.243. The molecule has 2 rings (SSSR count). The van der Waals surface area contributed by atoms with Gasteiger partial charge in [0, 0.05) is 25.3 Å². The predicted octanol–water partition coefficient (Wildman–Crippen LogP) is 0.275. The van der Waals surface area contributed by atoms with Gasteiger partial charge in [0.05, 0.1) is 12.2 Å². The molecule has 1 fully saturated rings. The molecule has 0 aliphatic carbocycles. The average molecular weight is 313 g/mol. The molecule has 0 aromatic carbocycles. The van der Waals surface area contributed by atoms with E-state index in [-0.39, 0.29) is 12.6 Å². The van der Waals surface area contributed by atoms with Gasteiger partial charge in [-0.05, 0) is 31.5 Å². The summed E-state index contributed by atoms with van der Waals surface area (Å²) in [6.07, 6.45) is 4.45. The number of nitrogens with zero attached hydrogens (tertiary/aromatic N) is 3. The average Bonchev–Trinajstić information content (AvgIpc) is 2.52. The van der Waals surface area contributed by atoms with Gasteiger partial charge in [-0.25, -0.2) is 0 Å². The third-order valence-corrected chi connectivity index (χ3v) is 5.18. The van der Waals surface area contributed by atoms with Crippen LogP contribution in [0.1, 0.15) is 31.9 Å². The fourth-order valence-corrected chi connectivity index (χ4v) is 3.92. The van der Waals surface area contributed by atoms with Crippen molar-refractivity contribution in [3.8, 4) is 0 Å². The van der Waals surface area contributed by atoms with Crippen LogP contribution in [-0.2, 0) is 16.8 Å². The second-order valence-electron chi connectivity index (χ2n) is 5.11. The Balaban J connectivity index is 1.98. The number of rotatable bonds is 7. The Bertz CT molecular complexity index is 523. The van der Waals surface area contributed by atoms with E-state index in [0.717, 1.165) is 25.8 Å². The van der Waals surface area contributed by atoms with E-state index in [9.17, 15) is 8.42 Å². The van der Waals surface area contributed by atoms with E-state index in [1.807, 2.05) is 6.92 Å². The van der Waals surface area contributed by atoms with E-state index in [4.69, 9.17) is 0 Å². The largest absolute Gasteiger partial charge is 0.315 e. The molecule has 1 aromatic rings. The molecule has 1 saturated heterocycles. The summed E-state index contributed by atoms with van der Waals surface area (Å²) >= 11 is 0. The van der Waals surface area contributed by atoms with Crippen LogP contribution in [0.25, 0.3) is 0 Å². The summed E-state index contributed by atoms with van der Waals surface area (Å²) in [5, 5.41) is 10.9. The molecule has 0 bridgehead atoms. The fourth-order valence-electron chi connectivity index (χ4n) is 2.48. The summed E-state index contributed by atoms with van der Waals surface area (Å²) in [6, 6.07) is 3.52. The van der Waals surface area contributed by atoms with Crippen LogP contribution in [0.15, 0.2) is 18.3 Å². The number of hydrogen-bond donors (Lipinski definition) is 2. The number of hydrogen-bond acceptors (Lipinski definition) is 5. The van der Waals surface area contributed by atoms with Crippen molar-refractivity contribution in [2.24, 2.45) is 0 Å². The summed E-state index contributed by atoms with van der Waals surface area (Å²) < 4.78 is 29.1. The van der Waals surface area contributed by atoms with Gasteiger partial charge in [-0.15, -0.1) is 0 Å². The minimum absolute atomic E-state index is 0.0260. The molecule has 1 aliphatic heterocycles. The van der Waals surface area contributed by atoms with E-state index >= 15 is 0 Å². The lowest BCUT2D eigenvalue weighted by atomic mass is 10.1. The summed E-state index contributed by atoms with van der Waals surface area (Å²) in [5.41, 5.74) is 0.612. The van der Waals surface area contributed by atoms with Crippen molar-refractivity contribution in [2.75, 3.05) is 19.6 Å². The minimum atomic E-state index is -3.49. The third kappa shape index (κ3) is 4.70. The molecule has 2 heterocycles. The number of likely N-dealkylation sites (N-methyl/N-ethyl adjacent to an activating group) is 1. The first-order valence-electron chi connectivity index (χ1n) is 7.37. The Hall–Kier alpha value is -1.09. The van der Waals surface area contributed by atoms with Crippen LogP contribution in [0.3, 0.4) is 0 Å². The minimum Gasteiger partial charge on any atom is -0.315 e. The Morgan fingerprint density at radius 2 is 2.29 bits per heavy atom. The highest BCUT2D eigenvalue weighted by molar-refractivity contribution is 7.87. The predicted molar refractivity (Wildman–Crippen MR) is 80.7 cm³/mol. The zero-order chi connectivity index (χ0) is 15.1. The van der Waals surface area contributed by atoms with Crippen molar-refractivity contribution in [2.45, 2.75) is 38.8 Å². The van der Waals surface area contributed by atoms with E-state index in [0.29, 0.717) is 18.8 Å². The maximum absolute atomic E-state index is 12.5. The molecular formula is C13H23N5O2S. The van der Waals surface area contributed by atoms with E-state index in [1.165, 1.54) is 0 Å². The molecule has 1 aromatic heterocycles. The summed E-state index contributed by atoms with van der Waals surface area (Å²) in [4.78, 5) is 0. The first-order valence-corrected chi connectivity index (χ1v) is 8.81. The van der Waals surface area contributed by atoms with Gasteiger partial charge in [-0.3, -0.25) is 0 Å². The quantitative estimate of drug-likeness (QED) is 0.755. The van der Waals surface area contributed by atoms with Crippen molar-refractivity contribution < 1.29 is 8.42 Å². The molecule has 118 valence electrons. The van der Waals surface area contributed by atoms with Crippen molar-refractivity contribution >= 4 is 10.2 Å². The zero-order valence-electron chi connectivity index (χ0n) is 12.3. The monoisotopic (exact) mass is 313 g/mol. The van der Waals surface area contributed by atoms with E-state index in [2.05, 4.69) is 20.2 Å². The van der Waals surface area contributed by atoms with Gasteiger partial charge in [0.1, 0.15) is 0 Å². The first kappa shape index (κ1) is 16.3. The molecule has 7 nitrogen and oxygen atoms in total. The molecule has 0 amide bonds. The molecule has 0 saturated carbocycles. The van der Waals surface area contributed by atoms with Crippen molar-refractivity contribution in [1.29, 1.82) is 0 Å². The molecule has 1 atom stereocenters. The van der Waals surface area contributed by atoms with Gasteiger partial charge in [0.25, 0.3) is 10.2 Å². The van der Waals surface area contributed by atoms with E-state index < -0.39 is 10.2 Å². The maximum Gasteiger partial charge on any atom is 0.280 e. The van der Waals surface area contributed by atoms with Crippen LogP contribution in [0.5, 0.6) is 0 Å². The topological polar surface area (TPSA) is 87.2 Å². The first-order chi connectivity index (χ1) is 10.1. The number of nitrogens with one attached hydrogen (secondary N) is 2. The molecule has 0 radical (unpaired) electrons. The Morgan fingerprint density at radius 1 is 1.43 bits per heavy atom. The highest BCUT2D eigenvalue weighted by Gasteiger charge is 2.31. The Morgan fingerprint density at radius 3 is 3.00 bits per heavy atom. The molecule has 8 heteroatoms. The van der Waals surface area contributed by atoms with Crippen LogP contribution in [-0.4, -0.2) is 48.6 Å². The van der Waals surface area contributed by atoms with Crippen LogP contribution in [0, 0.1) is 0 Å². The van der Waals surface area contributed by atoms with Gasteiger partial charge in [-0.1, -0.05) is 13.3 Å². The van der Waals surface area contributed by atoms with Crippen LogP contribution in [0.4, 0.5) is 0 Å².